The van der Waals surface area contributed by atoms with Crippen LogP contribution in [0.2, 0.25) is 0 Å². The molecule has 4 heteroatoms. The van der Waals surface area contributed by atoms with Crippen LogP contribution in [-0.2, 0) is 0 Å². The number of fused-ring (bicyclic) bond motifs is 1. The van der Waals surface area contributed by atoms with Crippen molar-refractivity contribution in [3.63, 3.8) is 0 Å². The van der Waals surface area contributed by atoms with E-state index in [4.69, 9.17) is 4.42 Å². The maximum atomic E-state index is 12.5. The Balaban J connectivity index is 1.72. The molecule has 1 fully saturated rings. The van der Waals surface area contributed by atoms with Gasteiger partial charge in [0, 0.05) is 19.0 Å². The summed E-state index contributed by atoms with van der Waals surface area (Å²) in [7, 11) is 1.86. The Hall–Kier alpha value is -1.81. The number of furan rings is 1. The number of benzene rings is 1. The average Bonchev–Trinajstić information content (AvgIpc) is 2.90. The van der Waals surface area contributed by atoms with Crippen LogP contribution in [0.25, 0.3) is 11.0 Å². The number of nitrogens with one attached hydrogen (secondary N) is 1. The molecule has 0 spiro atoms. The highest BCUT2D eigenvalue weighted by atomic mass is 16.3. The minimum Gasteiger partial charge on any atom is -0.451 e. The van der Waals surface area contributed by atoms with Crippen LogP contribution in [-0.4, -0.2) is 37.5 Å². The number of aryl methyl sites for hydroxylation is 1. The maximum absolute atomic E-state index is 12.5. The molecule has 1 aliphatic heterocycles. The summed E-state index contributed by atoms with van der Waals surface area (Å²) >= 11 is 0. The molecule has 2 heterocycles. The van der Waals surface area contributed by atoms with E-state index in [2.05, 4.69) is 5.32 Å². The van der Waals surface area contributed by atoms with Crippen molar-refractivity contribution in [2.24, 2.45) is 5.92 Å². The first-order chi connectivity index (χ1) is 10.1. The van der Waals surface area contributed by atoms with Crippen molar-refractivity contribution in [1.29, 1.82) is 0 Å². The third kappa shape index (κ3) is 3.10. The quantitative estimate of drug-likeness (QED) is 0.943. The van der Waals surface area contributed by atoms with Crippen LogP contribution in [0.4, 0.5) is 0 Å². The van der Waals surface area contributed by atoms with Gasteiger partial charge in [0.15, 0.2) is 5.76 Å². The van der Waals surface area contributed by atoms with Crippen molar-refractivity contribution >= 4 is 16.9 Å². The van der Waals surface area contributed by atoms with Crippen molar-refractivity contribution in [2.75, 3.05) is 26.7 Å². The summed E-state index contributed by atoms with van der Waals surface area (Å²) in [6, 6.07) is 7.82. The van der Waals surface area contributed by atoms with Gasteiger partial charge in [-0.25, -0.2) is 0 Å². The number of nitrogens with zero attached hydrogens (tertiary/aromatic N) is 1. The lowest BCUT2D eigenvalue weighted by Crippen LogP contribution is -2.37. The number of hydrogen-bond donors (Lipinski definition) is 1. The Morgan fingerprint density at radius 3 is 2.86 bits per heavy atom. The fourth-order valence-corrected chi connectivity index (χ4v) is 2.99. The predicted octanol–water partition coefficient (Wildman–Crippen LogP) is 2.81. The third-order valence-corrected chi connectivity index (χ3v) is 4.22. The first-order valence-electron chi connectivity index (χ1n) is 7.60. The van der Waals surface area contributed by atoms with Crippen LogP contribution in [0.15, 0.2) is 28.7 Å². The lowest BCUT2D eigenvalue weighted by Gasteiger charge is -2.27. The first kappa shape index (κ1) is 14.1. The van der Waals surface area contributed by atoms with Gasteiger partial charge in [-0.1, -0.05) is 11.6 Å². The van der Waals surface area contributed by atoms with Gasteiger partial charge in [0.05, 0.1) is 0 Å². The fraction of sp³-hybridized carbons (Fsp3) is 0.471. The Morgan fingerprint density at radius 1 is 1.33 bits per heavy atom. The molecule has 1 aromatic carbocycles. The van der Waals surface area contributed by atoms with Crippen LogP contribution in [0.3, 0.4) is 0 Å². The highest BCUT2D eigenvalue weighted by Crippen LogP contribution is 2.22. The van der Waals surface area contributed by atoms with Crippen LogP contribution >= 0.6 is 0 Å². The molecule has 1 amide bonds. The van der Waals surface area contributed by atoms with E-state index in [-0.39, 0.29) is 5.91 Å². The van der Waals surface area contributed by atoms with Crippen LogP contribution in [0.1, 0.15) is 29.0 Å². The van der Waals surface area contributed by atoms with E-state index in [0.717, 1.165) is 43.4 Å². The van der Waals surface area contributed by atoms with Gasteiger partial charge >= 0.3 is 0 Å². The van der Waals surface area contributed by atoms with Crippen LogP contribution in [0, 0.1) is 12.8 Å². The topological polar surface area (TPSA) is 45.5 Å². The van der Waals surface area contributed by atoms with E-state index in [9.17, 15) is 4.79 Å². The third-order valence-electron chi connectivity index (χ3n) is 4.22. The lowest BCUT2D eigenvalue weighted by molar-refractivity contribution is 0.0733. The van der Waals surface area contributed by atoms with Crippen molar-refractivity contribution in [1.82, 2.24) is 10.2 Å². The van der Waals surface area contributed by atoms with E-state index in [0.29, 0.717) is 11.7 Å². The minimum atomic E-state index is -0.0256. The number of rotatable bonds is 3. The molecule has 0 unspecified atom stereocenters. The molecule has 3 rings (SSSR count). The number of carbonyl (C=O) groups excluding carboxylic acids is 1. The summed E-state index contributed by atoms with van der Waals surface area (Å²) in [5, 5.41) is 4.34. The molecule has 0 bridgehead atoms. The largest absolute Gasteiger partial charge is 0.451 e. The van der Waals surface area contributed by atoms with Crippen LogP contribution in [0.5, 0.6) is 0 Å². The zero-order chi connectivity index (χ0) is 14.8. The molecule has 0 saturated carbocycles. The van der Waals surface area contributed by atoms with Gasteiger partial charge in [-0.3, -0.25) is 4.79 Å². The number of carbonyl (C=O) groups is 1. The van der Waals surface area contributed by atoms with Crippen molar-refractivity contribution in [2.45, 2.75) is 19.8 Å². The van der Waals surface area contributed by atoms with Gasteiger partial charge in [0.1, 0.15) is 5.58 Å². The Kier molecular flexibility index (Phi) is 3.97. The summed E-state index contributed by atoms with van der Waals surface area (Å²) in [5.41, 5.74) is 1.95. The summed E-state index contributed by atoms with van der Waals surface area (Å²) in [6.07, 6.45) is 2.27. The zero-order valence-electron chi connectivity index (χ0n) is 12.7. The summed E-state index contributed by atoms with van der Waals surface area (Å²) < 4.78 is 5.69. The molecule has 1 aromatic heterocycles. The monoisotopic (exact) mass is 286 g/mol. The van der Waals surface area contributed by atoms with Crippen molar-refractivity contribution < 1.29 is 9.21 Å². The van der Waals surface area contributed by atoms with Crippen LogP contribution < -0.4 is 5.32 Å². The second-order valence-electron chi connectivity index (χ2n) is 6.03. The molecule has 1 N–H and O–H groups in total. The summed E-state index contributed by atoms with van der Waals surface area (Å²) in [5.74, 6) is 1.00. The Bertz CT molecular complexity index is 641. The molecule has 0 aliphatic carbocycles. The second-order valence-corrected chi connectivity index (χ2v) is 6.03. The molecule has 112 valence electrons. The number of hydrogen-bond acceptors (Lipinski definition) is 3. The predicted molar refractivity (Wildman–Crippen MR) is 83.5 cm³/mol. The zero-order valence-corrected chi connectivity index (χ0v) is 12.7. The van der Waals surface area contributed by atoms with E-state index in [1.54, 1.807) is 4.90 Å². The SMILES string of the molecule is Cc1ccc2oc(C(=O)N(C)CC3CCNCC3)cc2c1. The molecule has 2 aromatic rings. The number of piperidine rings is 1. The molecule has 0 atom stereocenters. The van der Waals surface area contributed by atoms with Gasteiger partial charge in [-0.2, -0.15) is 0 Å². The molecule has 1 aliphatic rings. The maximum Gasteiger partial charge on any atom is 0.289 e. The summed E-state index contributed by atoms with van der Waals surface area (Å²) in [4.78, 5) is 14.3. The standard InChI is InChI=1S/C17H22N2O2/c1-12-3-4-15-14(9-12)10-16(21-15)17(20)19(2)11-13-5-7-18-8-6-13/h3-4,9-10,13,18H,5-8,11H2,1-2H3. The highest BCUT2D eigenvalue weighted by molar-refractivity contribution is 5.96. The van der Waals surface area contributed by atoms with Gasteiger partial charge in [-0.15, -0.1) is 0 Å². The van der Waals surface area contributed by atoms with Gasteiger partial charge in [-0.05, 0) is 57.0 Å². The average molecular weight is 286 g/mol. The highest BCUT2D eigenvalue weighted by Gasteiger charge is 2.21. The van der Waals surface area contributed by atoms with Gasteiger partial charge in [0.25, 0.3) is 5.91 Å². The van der Waals surface area contributed by atoms with Crippen molar-refractivity contribution in [3.05, 3.63) is 35.6 Å². The van der Waals surface area contributed by atoms with E-state index in [1.807, 2.05) is 38.2 Å². The van der Waals surface area contributed by atoms with E-state index in [1.165, 1.54) is 5.56 Å². The second kappa shape index (κ2) is 5.90. The lowest BCUT2D eigenvalue weighted by atomic mass is 9.97. The van der Waals surface area contributed by atoms with Gasteiger partial charge < -0.3 is 14.6 Å². The fourth-order valence-electron chi connectivity index (χ4n) is 2.99. The smallest absolute Gasteiger partial charge is 0.289 e. The molecular weight excluding hydrogens is 264 g/mol. The number of amides is 1. The molecular formula is C17H22N2O2. The van der Waals surface area contributed by atoms with Crippen molar-refractivity contribution in [3.8, 4) is 0 Å². The molecule has 1 saturated heterocycles. The Morgan fingerprint density at radius 2 is 2.10 bits per heavy atom. The molecule has 4 nitrogen and oxygen atoms in total. The normalized spacial score (nSPS) is 16.3. The Labute approximate surface area is 125 Å². The van der Waals surface area contributed by atoms with E-state index < -0.39 is 0 Å². The van der Waals surface area contributed by atoms with E-state index >= 15 is 0 Å². The first-order valence-corrected chi connectivity index (χ1v) is 7.60. The molecule has 0 radical (unpaired) electrons. The molecule has 21 heavy (non-hydrogen) atoms. The van der Waals surface area contributed by atoms with Gasteiger partial charge in [0.2, 0.25) is 0 Å². The minimum absolute atomic E-state index is 0.0256. The summed E-state index contributed by atoms with van der Waals surface area (Å²) in [6.45, 7) is 4.95.